The van der Waals surface area contributed by atoms with Gasteiger partial charge in [-0.15, -0.1) is 11.3 Å². The van der Waals surface area contributed by atoms with Gasteiger partial charge in [0.25, 0.3) is 5.91 Å². The summed E-state index contributed by atoms with van der Waals surface area (Å²) in [5.74, 6) is -1.65. The number of carbonyl (C=O) groups excluding carboxylic acids is 3. The highest BCUT2D eigenvalue weighted by Crippen LogP contribution is 2.23. The Balaban J connectivity index is 1.92. The van der Waals surface area contributed by atoms with Crippen LogP contribution in [-0.2, 0) is 31.9 Å². The van der Waals surface area contributed by atoms with Gasteiger partial charge in [-0.3, -0.25) is 4.79 Å². The van der Waals surface area contributed by atoms with E-state index in [-0.39, 0.29) is 6.42 Å². The third-order valence-electron chi connectivity index (χ3n) is 4.18. The molecule has 2 rings (SSSR count). The minimum Gasteiger partial charge on any atom is -0.467 e. The van der Waals surface area contributed by atoms with Crippen molar-refractivity contribution in [1.82, 2.24) is 5.32 Å². The molecule has 1 unspecified atom stereocenters. The first-order chi connectivity index (χ1) is 13.4. The van der Waals surface area contributed by atoms with Crippen LogP contribution in [0.5, 0.6) is 0 Å². The Hall–Kier alpha value is -2.67. The number of thiophene rings is 1. The van der Waals surface area contributed by atoms with Crippen molar-refractivity contribution in [3.05, 3.63) is 57.3 Å². The Bertz CT molecular complexity index is 815. The molecule has 0 aliphatic rings. The fourth-order valence-corrected chi connectivity index (χ4v) is 3.73. The summed E-state index contributed by atoms with van der Waals surface area (Å²) < 4.78 is 9.87. The molecule has 7 heteroatoms. The summed E-state index contributed by atoms with van der Waals surface area (Å²) in [5, 5.41) is 2.57. The molecule has 1 aromatic heterocycles. The zero-order chi connectivity index (χ0) is 20.5. The first-order valence-electron chi connectivity index (χ1n) is 9.12. The molecule has 0 aliphatic heterocycles. The van der Waals surface area contributed by atoms with E-state index in [1.807, 2.05) is 43.3 Å². The van der Waals surface area contributed by atoms with Gasteiger partial charge in [0.15, 0.2) is 6.61 Å². The number of hydrogen-bond acceptors (Lipinski definition) is 6. The second kappa shape index (κ2) is 10.6. The van der Waals surface area contributed by atoms with E-state index in [9.17, 15) is 14.4 Å². The van der Waals surface area contributed by atoms with Gasteiger partial charge in [-0.2, -0.15) is 0 Å². The van der Waals surface area contributed by atoms with E-state index in [0.717, 1.165) is 28.8 Å². The van der Waals surface area contributed by atoms with Crippen molar-refractivity contribution in [2.24, 2.45) is 0 Å². The number of hydrogen-bond donors (Lipinski definition) is 1. The Morgan fingerprint density at radius 1 is 1.18 bits per heavy atom. The summed E-state index contributed by atoms with van der Waals surface area (Å²) >= 11 is 1.36. The molecule has 0 bridgehead atoms. The van der Waals surface area contributed by atoms with E-state index >= 15 is 0 Å². The lowest BCUT2D eigenvalue weighted by Gasteiger charge is -2.16. The average Bonchev–Trinajstić information content (AvgIpc) is 3.06. The molecule has 1 N–H and O–H groups in total. The molecule has 1 amide bonds. The summed E-state index contributed by atoms with van der Waals surface area (Å²) in [6.07, 6.45) is 2.18. The van der Waals surface area contributed by atoms with Crippen molar-refractivity contribution < 1.29 is 23.9 Å². The molecule has 0 spiro atoms. The van der Waals surface area contributed by atoms with Crippen molar-refractivity contribution in [3.8, 4) is 0 Å². The monoisotopic (exact) mass is 403 g/mol. The number of methoxy groups -OCH3 is 1. The van der Waals surface area contributed by atoms with Crippen LogP contribution in [0.2, 0.25) is 0 Å². The lowest BCUT2D eigenvalue weighted by Crippen LogP contribution is -2.44. The number of rotatable bonds is 9. The summed E-state index contributed by atoms with van der Waals surface area (Å²) in [7, 11) is 1.26. The van der Waals surface area contributed by atoms with Crippen molar-refractivity contribution in [2.45, 2.75) is 39.2 Å². The second-order valence-corrected chi connectivity index (χ2v) is 7.61. The molecule has 28 heavy (non-hydrogen) atoms. The zero-order valence-corrected chi connectivity index (χ0v) is 17.1. The highest BCUT2D eigenvalue weighted by molar-refractivity contribution is 7.14. The molecule has 1 heterocycles. The number of ether oxygens (including phenoxy) is 2. The van der Waals surface area contributed by atoms with Crippen LogP contribution in [-0.4, -0.2) is 37.6 Å². The fourth-order valence-electron chi connectivity index (χ4n) is 2.76. The van der Waals surface area contributed by atoms with Crippen LogP contribution in [0.1, 0.15) is 39.0 Å². The van der Waals surface area contributed by atoms with Gasteiger partial charge in [-0.05, 0) is 30.5 Å². The van der Waals surface area contributed by atoms with Gasteiger partial charge < -0.3 is 14.8 Å². The first-order valence-corrected chi connectivity index (χ1v) is 9.93. The minimum atomic E-state index is -0.848. The largest absolute Gasteiger partial charge is 0.467 e. The van der Waals surface area contributed by atoms with E-state index in [1.165, 1.54) is 18.4 Å². The van der Waals surface area contributed by atoms with Crippen LogP contribution in [0.3, 0.4) is 0 Å². The SMILES string of the molecule is CCCc1cc(C(=O)OCC(=O)NC(Cc2ccccc2)C(=O)OC)sc1C. The van der Waals surface area contributed by atoms with Gasteiger partial charge in [0.2, 0.25) is 0 Å². The molecule has 0 fully saturated rings. The van der Waals surface area contributed by atoms with Crippen LogP contribution in [0.25, 0.3) is 0 Å². The topological polar surface area (TPSA) is 81.7 Å². The number of carbonyl (C=O) groups is 3. The quantitative estimate of drug-likeness (QED) is 0.651. The highest BCUT2D eigenvalue weighted by atomic mass is 32.1. The normalized spacial score (nSPS) is 11.5. The van der Waals surface area contributed by atoms with E-state index in [4.69, 9.17) is 9.47 Å². The Labute approximate surface area is 168 Å². The molecule has 150 valence electrons. The number of nitrogens with one attached hydrogen (secondary N) is 1. The summed E-state index contributed by atoms with van der Waals surface area (Å²) in [5.41, 5.74) is 2.00. The van der Waals surface area contributed by atoms with Gasteiger partial charge >= 0.3 is 11.9 Å². The second-order valence-electron chi connectivity index (χ2n) is 6.35. The average molecular weight is 404 g/mol. The van der Waals surface area contributed by atoms with Gasteiger partial charge in [-0.25, -0.2) is 9.59 Å². The van der Waals surface area contributed by atoms with Crippen molar-refractivity contribution in [3.63, 3.8) is 0 Å². The number of aryl methyl sites for hydroxylation is 2. The standard InChI is InChI=1S/C21H25NO5S/c1-4-8-16-12-18(28-14(16)2)21(25)27-13-19(23)22-17(20(24)26-3)11-15-9-6-5-7-10-15/h5-7,9-10,12,17H,4,8,11,13H2,1-3H3,(H,22,23). The fraction of sp³-hybridized carbons (Fsp3) is 0.381. The number of amides is 1. The third kappa shape index (κ3) is 6.20. The Kier molecular flexibility index (Phi) is 8.19. The van der Waals surface area contributed by atoms with Crippen LogP contribution in [0, 0.1) is 6.92 Å². The number of benzene rings is 1. The van der Waals surface area contributed by atoms with E-state index in [0.29, 0.717) is 4.88 Å². The maximum Gasteiger partial charge on any atom is 0.348 e. The van der Waals surface area contributed by atoms with Crippen molar-refractivity contribution in [2.75, 3.05) is 13.7 Å². The van der Waals surface area contributed by atoms with Crippen LogP contribution >= 0.6 is 11.3 Å². The summed E-state index contributed by atoms with van der Waals surface area (Å²) in [6.45, 7) is 3.58. The zero-order valence-electron chi connectivity index (χ0n) is 16.3. The Morgan fingerprint density at radius 2 is 1.89 bits per heavy atom. The molecule has 0 aliphatic carbocycles. The van der Waals surface area contributed by atoms with Crippen LogP contribution < -0.4 is 5.32 Å². The lowest BCUT2D eigenvalue weighted by molar-refractivity contribution is -0.145. The van der Waals surface area contributed by atoms with E-state index in [1.54, 1.807) is 0 Å². The number of esters is 2. The predicted octanol–water partition coefficient (Wildman–Crippen LogP) is 3.07. The van der Waals surface area contributed by atoms with E-state index < -0.39 is 30.5 Å². The van der Waals surface area contributed by atoms with Gasteiger partial charge in [0.05, 0.1) is 7.11 Å². The summed E-state index contributed by atoms with van der Waals surface area (Å²) in [4.78, 5) is 37.9. The molecule has 1 aromatic carbocycles. The van der Waals surface area contributed by atoms with Gasteiger partial charge in [0, 0.05) is 11.3 Å². The molecule has 2 aromatic rings. The minimum absolute atomic E-state index is 0.289. The maximum atomic E-state index is 12.2. The van der Waals surface area contributed by atoms with Gasteiger partial charge in [0.1, 0.15) is 10.9 Å². The molecular formula is C21H25NO5S. The van der Waals surface area contributed by atoms with Gasteiger partial charge in [-0.1, -0.05) is 43.7 Å². The van der Waals surface area contributed by atoms with Crippen molar-refractivity contribution in [1.29, 1.82) is 0 Å². The molecule has 0 saturated heterocycles. The highest BCUT2D eigenvalue weighted by Gasteiger charge is 2.23. The molecule has 6 nitrogen and oxygen atoms in total. The van der Waals surface area contributed by atoms with Crippen molar-refractivity contribution >= 4 is 29.2 Å². The first kappa shape index (κ1) is 21.6. The lowest BCUT2D eigenvalue weighted by atomic mass is 10.1. The molecular weight excluding hydrogens is 378 g/mol. The summed E-state index contributed by atoms with van der Waals surface area (Å²) in [6, 6.07) is 10.2. The third-order valence-corrected chi connectivity index (χ3v) is 5.25. The predicted molar refractivity (Wildman–Crippen MR) is 107 cm³/mol. The molecule has 0 saturated carbocycles. The molecule has 0 radical (unpaired) electrons. The Morgan fingerprint density at radius 3 is 2.54 bits per heavy atom. The van der Waals surface area contributed by atoms with E-state index in [2.05, 4.69) is 12.2 Å². The maximum absolute atomic E-state index is 12.2. The van der Waals surface area contributed by atoms with Crippen LogP contribution in [0.15, 0.2) is 36.4 Å². The smallest absolute Gasteiger partial charge is 0.348 e. The molecule has 1 atom stereocenters. The van der Waals surface area contributed by atoms with Crippen LogP contribution in [0.4, 0.5) is 0 Å².